The molecule has 1 aliphatic heterocycles. The third-order valence-corrected chi connectivity index (χ3v) is 6.72. The van der Waals surface area contributed by atoms with Crippen molar-refractivity contribution in [1.82, 2.24) is 14.9 Å². The van der Waals surface area contributed by atoms with E-state index in [2.05, 4.69) is 33.7 Å². The number of rotatable bonds is 8. The summed E-state index contributed by atoms with van der Waals surface area (Å²) in [4.78, 5) is 14.6. The van der Waals surface area contributed by atoms with Crippen LogP contribution in [-0.4, -0.2) is 64.7 Å². The molecule has 0 bridgehead atoms. The lowest BCUT2D eigenvalue weighted by Gasteiger charge is -2.36. The highest BCUT2D eigenvalue weighted by Gasteiger charge is 2.23. The van der Waals surface area contributed by atoms with Crippen LogP contribution in [0.1, 0.15) is 30.9 Å². The normalized spacial score (nSPS) is 16.2. The molecule has 7 heteroatoms. The molecule has 0 N–H and O–H groups in total. The molecular formula is C22H32N4O2S. The van der Waals surface area contributed by atoms with Gasteiger partial charge in [0.1, 0.15) is 12.4 Å². The molecular weight excluding hydrogens is 384 g/mol. The number of piperidine rings is 1. The Hall–Kier alpha value is -1.99. The van der Waals surface area contributed by atoms with Gasteiger partial charge in [-0.3, -0.25) is 9.11 Å². The summed E-state index contributed by atoms with van der Waals surface area (Å²) in [6.45, 7) is 7.58. The van der Waals surface area contributed by atoms with Crippen molar-refractivity contribution in [3.63, 3.8) is 0 Å². The molecule has 3 rings (SSSR count). The molecule has 0 saturated carbocycles. The van der Waals surface area contributed by atoms with E-state index < -0.39 is 10.8 Å². The summed E-state index contributed by atoms with van der Waals surface area (Å²) in [5.41, 5.74) is 2.19. The van der Waals surface area contributed by atoms with Crippen LogP contribution in [0.25, 0.3) is 0 Å². The quantitative estimate of drug-likeness (QED) is 0.659. The van der Waals surface area contributed by atoms with Gasteiger partial charge in [0.15, 0.2) is 0 Å². The summed E-state index contributed by atoms with van der Waals surface area (Å²) in [5, 5.41) is 0. The minimum Gasteiger partial charge on any atom is -0.492 e. The smallest absolute Gasteiger partial charge is 0.225 e. The van der Waals surface area contributed by atoms with Crippen molar-refractivity contribution in [1.29, 1.82) is 0 Å². The van der Waals surface area contributed by atoms with Crippen molar-refractivity contribution < 1.29 is 8.95 Å². The predicted octanol–water partition coefficient (Wildman–Crippen LogP) is 3.06. The molecule has 1 fully saturated rings. The van der Waals surface area contributed by atoms with E-state index in [9.17, 15) is 4.21 Å². The van der Waals surface area contributed by atoms with Crippen LogP contribution in [0.2, 0.25) is 0 Å². The maximum atomic E-state index is 11.7. The van der Waals surface area contributed by atoms with Crippen LogP contribution in [0, 0.1) is 6.92 Å². The van der Waals surface area contributed by atoms with Crippen molar-refractivity contribution >= 4 is 16.7 Å². The Labute approximate surface area is 176 Å². The fourth-order valence-corrected chi connectivity index (χ4v) is 4.50. The van der Waals surface area contributed by atoms with Crippen LogP contribution in [-0.2, 0) is 17.2 Å². The Morgan fingerprint density at radius 1 is 1.24 bits per heavy atom. The van der Waals surface area contributed by atoms with Crippen molar-refractivity contribution in [2.45, 2.75) is 44.0 Å². The van der Waals surface area contributed by atoms with Crippen molar-refractivity contribution in [3.05, 3.63) is 41.7 Å². The van der Waals surface area contributed by atoms with E-state index in [1.807, 2.05) is 37.5 Å². The predicted molar refractivity (Wildman–Crippen MR) is 118 cm³/mol. The second-order valence-electron chi connectivity index (χ2n) is 7.67. The molecule has 29 heavy (non-hydrogen) atoms. The molecule has 2 aromatic rings. The fourth-order valence-electron chi connectivity index (χ4n) is 3.72. The Morgan fingerprint density at radius 2 is 1.93 bits per heavy atom. The first-order chi connectivity index (χ1) is 14.0. The standard InChI is InChI=1S/C22H32N4O2S/c1-5-18-15-23-22(24-16-18)26-10-8-19(9-11-26)25(3)12-13-28-20-6-7-21(29(4)27)17(2)14-20/h6-7,14-16,19H,5,8-13H2,1-4H3. The lowest BCUT2D eigenvalue weighted by Crippen LogP contribution is -2.45. The first-order valence-corrected chi connectivity index (χ1v) is 11.9. The molecule has 1 unspecified atom stereocenters. The molecule has 2 heterocycles. The van der Waals surface area contributed by atoms with Gasteiger partial charge in [-0.25, -0.2) is 9.97 Å². The zero-order valence-corrected chi connectivity index (χ0v) is 18.7. The van der Waals surface area contributed by atoms with Crippen molar-refractivity contribution in [3.8, 4) is 5.75 Å². The van der Waals surface area contributed by atoms with Gasteiger partial charge < -0.3 is 9.64 Å². The molecule has 1 aromatic carbocycles. The van der Waals surface area contributed by atoms with Gasteiger partial charge in [-0.2, -0.15) is 0 Å². The van der Waals surface area contributed by atoms with Crippen LogP contribution in [0.15, 0.2) is 35.5 Å². The number of hydrogen-bond donors (Lipinski definition) is 0. The summed E-state index contributed by atoms with van der Waals surface area (Å²) in [6.07, 6.45) is 8.75. The number of likely N-dealkylation sites (N-methyl/N-ethyl adjacent to an activating group) is 1. The monoisotopic (exact) mass is 416 g/mol. The third-order valence-electron chi connectivity index (χ3n) is 5.64. The van der Waals surface area contributed by atoms with Gasteiger partial charge >= 0.3 is 0 Å². The van der Waals surface area contributed by atoms with E-state index in [0.29, 0.717) is 12.6 Å². The molecule has 0 radical (unpaired) electrons. The maximum absolute atomic E-state index is 11.7. The van der Waals surface area contributed by atoms with Crippen molar-refractivity contribution in [2.75, 3.05) is 44.4 Å². The Bertz CT molecular complexity index is 820. The largest absolute Gasteiger partial charge is 0.492 e. The van der Waals surface area contributed by atoms with Gasteiger partial charge in [0.25, 0.3) is 0 Å². The number of ether oxygens (including phenoxy) is 1. The van der Waals surface area contributed by atoms with Gasteiger partial charge in [-0.05, 0) is 62.6 Å². The second kappa shape index (κ2) is 10.2. The highest BCUT2D eigenvalue weighted by Crippen LogP contribution is 2.21. The fraction of sp³-hybridized carbons (Fsp3) is 0.545. The van der Waals surface area contributed by atoms with Gasteiger partial charge in [-0.1, -0.05) is 6.92 Å². The first kappa shape index (κ1) is 21.7. The average molecular weight is 417 g/mol. The summed E-state index contributed by atoms with van der Waals surface area (Å²) < 4.78 is 17.6. The zero-order valence-electron chi connectivity index (χ0n) is 17.9. The van der Waals surface area contributed by atoms with E-state index in [1.54, 1.807) is 6.26 Å². The molecule has 6 nitrogen and oxygen atoms in total. The first-order valence-electron chi connectivity index (χ1n) is 10.3. The molecule has 0 amide bonds. The van der Waals surface area contributed by atoms with E-state index in [0.717, 1.165) is 61.1 Å². The number of nitrogens with zero attached hydrogens (tertiary/aromatic N) is 4. The zero-order chi connectivity index (χ0) is 20.8. The SMILES string of the molecule is CCc1cnc(N2CCC(N(C)CCOc3ccc(S(C)=O)c(C)c3)CC2)nc1. The Balaban J connectivity index is 1.43. The maximum Gasteiger partial charge on any atom is 0.225 e. The second-order valence-corrected chi connectivity index (χ2v) is 9.02. The molecule has 0 aliphatic carbocycles. The van der Waals surface area contributed by atoms with E-state index in [-0.39, 0.29) is 0 Å². The van der Waals surface area contributed by atoms with Crippen LogP contribution >= 0.6 is 0 Å². The molecule has 0 spiro atoms. The molecule has 1 aromatic heterocycles. The molecule has 1 aliphatic rings. The van der Waals surface area contributed by atoms with E-state index >= 15 is 0 Å². The number of aryl methyl sites for hydroxylation is 2. The number of anilines is 1. The number of aromatic nitrogens is 2. The third kappa shape index (κ3) is 5.76. The summed E-state index contributed by atoms with van der Waals surface area (Å²) in [6, 6.07) is 6.33. The van der Waals surface area contributed by atoms with Gasteiger partial charge in [0.05, 0.1) is 10.8 Å². The molecule has 158 valence electrons. The lowest BCUT2D eigenvalue weighted by molar-refractivity contribution is 0.170. The van der Waals surface area contributed by atoms with E-state index in [1.165, 1.54) is 5.56 Å². The molecule has 1 saturated heterocycles. The minimum atomic E-state index is -0.961. The van der Waals surface area contributed by atoms with Crippen LogP contribution in [0.5, 0.6) is 5.75 Å². The molecule has 1 atom stereocenters. The van der Waals surface area contributed by atoms with Crippen LogP contribution < -0.4 is 9.64 Å². The summed E-state index contributed by atoms with van der Waals surface area (Å²) >= 11 is 0. The average Bonchev–Trinajstić information content (AvgIpc) is 2.73. The Morgan fingerprint density at radius 3 is 2.52 bits per heavy atom. The Kier molecular flexibility index (Phi) is 7.61. The topological polar surface area (TPSA) is 58.6 Å². The van der Waals surface area contributed by atoms with Gasteiger partial charge in [0.2, 0.25) is 5.95 Å². The number of hydrogen-bond acceptors (Lipinski definition) is 6. The highest BCUT2D eigenvalue weighted by atomic mass is 32.2. The van der Waals surface area contributed by atoms with Crippen molar-refractivity contribution in [2.24, 2.45) is 0 Å². The summed E-state index contributed by atoms with van der Waals surface area (Å²) in [7, 11) is 1.21. The van der Waals surface area contributed by atoms with Crippen LogP contribution in [0.4, 0.5) is 5.95 Å². The highest BCUT2D eigenvalue weighted by molar-refractivity contribution is 7.84. The van der Waals surface area contributed by atoms with Crippen LogP contribution in [0.3, 0.4) is 0 Å². The summed E-state index contributed by atoms with van der Waals surface area (Å²) in [5.74, 6) is 1.69. The van der Waals surface area contributed by atoms with Gasteiger partial charge in [0, 0.05) is 49.2 Å². The van der Waals surface area contributed by atoms with E-state index in [4.69, 9.17) is 4.74 Å². The number of benzene rings is 1. The van der Waals surface area contributed by atoms with Gasteiger partial charge in [-0.15, -0.1) is 0 Å². The lowest BCUT2D eigenvalue weighted by atomic mass is 10.0. The minimum absolute atomic E-state index is 0.552.